The highest BCUT2D eigenvalue weighted by Gasteiger charge is 2.31. The molecule has 3 rings (SSSR count). The molecule has 2 aromatic rings. The molecule has 1 aliphatic heterocycles. The zero-order chi connectivity index (χ0) is 16.6. The van der Waals surface area contributed by atoms with Crippen molar-refractivity contribution in [2.75, 3.05) is 13.1 Å². The van der Waals surface area contributed by atoms with E-state index in [4.69, 9.17) is 11.6 Å². The normalized spacial score (nSPS) is 17.5. The molecular weight excluding hydrogens is 354 g/mol. The molecule has 0 radical (unpaired) electrons. The molecule has 0 amide bonds. The van der Waals surface area contributed by atoms with Gasteiger partial charge in [0.1, 0.15) is 10.0 Å². The first-order valence-electron chi connectivity index (χ1n) is 7.42. The molecule has 0 aliphatic carbocycles. The lowest BCUT2D eigenvalue weighted by molar-refractivity contribution is 0.319. The Morgan fingerprint density at radius 2 is 2.00 bits per heavy atom. The van der Waals surface area contributed by atoms with Gasteiger partial charge in [0.25, 0.3) is 0 Å². The molecule has 124 valence electrons. The maximum absolute atomic E-state index is 12.7. The van der Waals surface area contributed by atoms with E-state index in [0.717, 1.165) is 23.5 Å². The molecule has 0 aromatic carbocycles. The zero-order valence-corrected chi connectivity index (χ0v) is 15.4. The first-order chi connectivity index (χ1) is 10.9. The Morgan fingerprint density at radius 3 is 2.57 bits per heavy atom. The smallest absolute Gasteiger partial charge is 0.244 e. The monoisotopic (exact) mass is 371 g/mol. The minimum absolute atomic E-state index is 0.211. The van der Waals surface area contributed by atoms with Crippen LogP contribution in [0.5, 0.6) is 0 Å². The summed E-state index contributed by atoms with van der Waals surface area (Å²) in [4.78, 5) is 8.69. The van der Waals surface area contributed by atoms with Crippen molar-refractivity contribution in [3.8, 4) is 0 Å². The summed E-state index contributed by atoms with van der Waals surface area (Å²) in [6.07, 6.45) is 2.93. The summed E-state index contributed by atoms with van der Waals surface area (Å²) in [5.74, 6) is 0.352. The summed E-state index contributed by atoms with van der Waals surface area (Å²) in [5, 5.41) is 3.49. The number of sulfonamides is 1. The average Bonchev–Trinajstić information content (AvgIpc) is 2.96. The first kappa shape index (κ1) is 16.8. The van der Waals surface area contributed by atoms with Crippen molar-refractivity contribution >= 4 is 33.0 Å². The van der Waals surface area contributed by atoms with Gasteiger partial charge in [-0.25, -0.2) is 18.4 Å². The fourth-order valence-electron chi connectivity index (χ4n) is 2.73. The van der Waals surface area contributed by atoms with Crippen LogP contribution in [0.4, 0.5) is 0 Å². The zero-order valence-electron chi connectivity index (χ0n) is 13.0. The Morgan fingerprint density at radius 1 is 1.30 bits per heavy atom. The molecule has 1 aliphatic rings. The highest BCUT2D eigenvalue weighted by atomic mass is 35.5. The largest absolute Gasteiger partial charge is 0.246 e. The van der Waals surface area contributed by atoms with Crippen LogP contribution in [-0.2, 0) is 10.0 Å². The van der Waals surface area contributed by atoms with Crippen LogP contribution in [-0.4, -0.2) is 35.8 Å². The number of hydrogen-bond acceptors (Lipinski definition) is 5. The lowest BCUT2D eigenvalue weighted by Crippen LogP contribution is -2.38. The van der Waals surface area contributed by atoms with Crippen LogP contribution >= 0.6 is 22.9 Å². The molecule has 0 atom stereocenters. The van der Waals surface area contributed by atoms with Crippen molar-refractivity contribution in [3.05, 3.63) is 39.1 Å². The minimum Gasteiger partial charge on any atom is -0.246 e. The maximum atomic E-state index is 12.7. The van der Waals surface area contributed by atoms with Gasteiger partial charge in [-0.2, -0.15) is 4.31 Å². The van der Waals surface area contributed by atoms with Gasteiger partial charge in [-0.15, -0.1) is 11.3 Å². The quantitative estimate of drug-likeness (QED) is 0.776. The minimum atomic E-state index is -3.51. The van der Waals surface area contributed by atoms with Crippen LogP contribution in [0.15, 0.2) is 22.5 Å². The van der Waals surface area contributed by atoms with Gasteiger partial charge in [0, 0.05) is 36.3 Å². The number of thiazole rings is 1. The molecule has 3 heterocycles. The highest BCUT2D eigenvalue weighted by molar-refractivity contribution is 7.89. The van der Waals surface area contributed by atoms with Gasteiger partial charge in [0.15, 0.2) is 0 Å². The summed E-state index contributed by atoms with van der Waals surface area (Å²) in [7, 11) is -3.51. The number of nitrogens with zero attached hydrogens (tertiary/aromatic N) is 3. The number of aromatic nitrogens is 2. The van der Waals surface area contributed by atoms with Gasteiger partial charge in [-0.1, -0.05) is 11.6 Å². The summed E-state index contributed by atoms with van der Waals surface area (Å²) < 4.78 is 27.0. The first-order valence-corrected chi connectivity index (χ1v) is 10.1. The number of halogens is 1. The summed E-state index contributed by atoms with van der Waals surface area (Å²) in [6, 6.07) is 1.58. The van der Waals surface area contributed by atoms with Crippen molar-refractivity contribution < 1.29 is 8.42 Å². The number of rotatable bonds is 3. The van der Waals surface area contributed by atoms with Crippen molar-refractivity contribution in [1.29, 1.82) is 0 Å². The Kier molecular flexibility index (Phi) is 4.73. The van der Waals surface area contributed by atoms with Crippen LogP contribution in [0.2, 0.25) is 5.15 Å². The van der Waals surface area contributed by atoms with E-state index in [1.165, 1.54) is 10.5 Å². The SMILES string of the molecule is Cc1csc(C2CCN(S(=O)(=O)c3cnc(Cl)c(C)c3)CC2)n1. The van der Waals surface area contributed by atoms with Crippen LogP contribution in [0.1, 0.15) is 35.0 Å². The summed E-state index contributed by atoms with van der Waals surface area (Å²) in [6.45, 7) is 4.75. The van der Waals surface area contributed by atoms with Gasteiger partial charge in [0.2, 0.25) is 10.0 Å². The summed E-state index contributed by atoms with van der Waals surface area (Å²) >= 11 is 7.54. The van der Waals surface area contributed by atoms with E-state index in [2.05, 4.69) is 9.97 Å². The lowest BCUT2D eigenvalue weighted by atomic mass is 9.99. The van der Waals surface area contributed by atoms with E-state index in [0.29, 0.717) is 29.7 Å². The molecule has 0 unspecified atom stereocenters. The van der Waals surface area contributed by atoms with Gasteiger partial charge in [-0.05, 0) is 38.3 Å². The lowest BCUT2D eigenvalue weighted by Gasteiger charge is -2.30. The molecule has 1 fully saturated rings. The Balaban J connectivity index is 1.74. The van der Waals surface area contributed by atoms with E-state index in [9.17, 15) is 8.42 Å². The number of piperidine rings is 1. The second-order valence-electron chi connectivity index (χ2n) is 5.78. The summed E-state index contributed by atoms with van der Waals surface area (Å²) in [5.41, 5.74) is 1.70. The van der Waals surface area contributed by atoms with Crippen LogP contribution < -0.4 is 0 Å². The Bertz CT molecular complexity index is 812. The third kappa shape index (κ3) is 3.42. The van der Waals surface area contributed by atoms with E-state index < -0.39 is 10.0 Å². The number of aryl methyl sites for hydroxylation is 2. The van der Waals surface area contributed by atoms with Crippen molar-refractivity contribution in [2.45, 2.75) is 37.5 Å². The predicted octanol–water partition coefficient (Wildman–Crippen LogP) is 3.38. The molecule has 0 bridgehead atoms. The molecule has 1 saturated heterocycles. The second-order valence-corrected chi connectivity index (χ2v) is 8.97. The van der Waals surface area contributed by atoms with Gasteiger partial charge < -0.3 is 0 Å². The Labute approximate surface area is 145 Å². The topological polar surface area (TPSA) is 63.2 Å². The second kappa shape index (κ2) is 6.47. The van der Waals surface area contributed by atoms with Gasteiger partial charge in [-0.3, -0.25) is 0 Å². The maximum Gasteiger partial charge on any atom is 0.244 e. The molecular formula is C15H18ClN3O2S2. The van der Waals surface area contributed by atoms with Gasteiger partial charge >= 0.3 is 0 Å². The van der Waals surface area contributed by atoms with E-state index in [-0.39, 0.29) is 4.90 Å². The molecule has 2 aromatic heterocycles. The fraction of sp³-hybridized carbons (Fsp3) is 0.467. The van der Waals surface area contributed by atoms with Crippen LogP contribution in [0.3, 0.4) is 0 Å². The molecule has 0 N–H and O–H groups in total. The molecule has 23 heavy (non-hydrogen) atoms. The number of hydrogen-bond donors (Lipinski definition) is 0. The molecule has 0 spiro atoms. The molecule has 5 nitrogen and oxygen atoms in total. The van der Waals surface area contributed by atoms with Crippen LogP contribution in [0, 0.1) is 13.8 Å². The van der Waals surface area contributed by atoms with Crippen molar-refractivity contribution in [3.63, 3.8) is 0 Å². The van der Waals surface area contributed by atoms with Crippen LogP contribution in [0.25, 0.3) is 0 Å². The number of pyridine rings is 1. The third-order valence-electron chi connectivity index (χ3n) is 4.07. The van der Waals surface area contributed by atoms with E-state index in [1.807, 2.05) is 12.3 Å². The molecule has 8 heteroatoms. The standard InChI is InChI=1S/C15H18ClN3O2S2/c1-10-7-13(8-17-14(10)16)23(20,21)19-5-3-12(4-6-19)15-18-11(2)9-22-15/h7-9,12H,3-6H2,1-2H3. The van der Waals surface area contributed by atoms with Crippen molar-refractivity contribution in [2.24, 2.45) is 0 Å². The highest BCUT2D eigenvalue weighted by Crippen LogP contribution is 2.32. The van der Waals surface area contributed by atoms with E-state index >= 15 is 0 Å². The third-order valence-corrected chi connectivity index (χ3v) is 7.45. The predicted molar refractivity (Wildman–Crippen MR) is 91.6 cm³/mol. The van der Waals surface area contributed by atoms with Gasteiger partial charge in [0.05, 0.1) is 5.01 Å². The fourth-order valence-corrected chi connectivity index (χ4v) is 5.30. The molecule has 0 saturated carbocycles. The van der Waals surface area contributed by atoms with Crippen molar-refractivity contribution in [1.82, 2.24) is 14.3 Å². The Hall–Kier alpha value is -1.02. The van der Waals surface area contributed by atoms with E-state index in [1.54, 1.807) is 24.3 Å². The average molecular weight is 372 g/mol.